The van der Waals surface area contributed by atoms with E-state index in [1.165, 1.54) is 0 Å². The van der Waals surface area contributed by atoms with Crippen LogP contribution in [0.15, 0.2) is 66.1 Å². The van der Waals surface area contributed by atoms with Gasteiger partial charge in [-0.1, -0.05) is 36.0 Å². The number of aryl methyl sites for hydroxylation is 1. The molecule has 1 fully saturated rings. The minimum atomic E-state index is -0.858. The molecule has 8 nitrogen and oxygen atoms in total. The Kier molecular flexibility index (Phi) is 7.74. The lowest BCUT2D eigenvalue weighted by Gasteiger charge is -2.31. The van der Waals surface area contributed by atoms with E-state index < -0.39 is 5.97 Å². The lowest BCUT2D eigenvalue weighted by molar-refractivity contribution is -0.136. The maximum absolute atomic E-state index is 12.6. The van der Waals surface area contributed by atoms with Gasteiger partial charge < -0.3 is 24.0 Å². The number of nitrogens with zero attached hydrogens (tertiary/aromatic N) is 3. The van der Waals surface area contributed by atoms with E-state index in [4.69, 9.17) is 14.6 Å². The Morgan fingerprint density at radius 1 is 1.03 bits per heavy atom. The molecule has 9 heteroatoms. The van der Waals surface area contributed by atoms with Crippen LogP contribution < -0.4 is 9.47 Å². The van der Waals surface area contributed by atoms with Crippen molar-refractivity contribution in [3.63, 3.8) is 0 Å². The van der Waals surface area contributed by atoms with E-state index in [0.29, 0.717) is 37.4 Å². The lowest BCUT2D eigenvalue weighted by atomic mass is 10.1. The number of aromatic nitrogens is 2. The van der Waals surface area contributed by atoms with Crippen molar-refractivity contribution in [1.82, 2.24) is 14.5 Å². The highest BCUT2D eigenvalue weighted by molar-refractivity contribution is 7.98. The highest BCUT2D eigenvalue weighted by Gasteiger charge is 2.25. The molecule has 1 aromatic heterocycles. The van der Waals surface area contributed by atoms with E-state index in [1.54, 1.807) is 47.1 Å². The van der Waals surface area contributed by atoms with Gasteiger partial charge in [-0.25, -0.2) is 9.78 Å². The SMILES string of the molecule is Cn1ccnc1SCc1ccc(OC(=O)N2CCC(Oc3ccc(CC(=O)O)cc3)CC2)cc1. The molecule has 1 amide bonds. The second kappa shape index (κ2) is 11.1. The predicted molar refractivity (Wildman–Crippen MR) is 128 cm³/mol. The molecule has 34 heavy (non-hydrogen) atoms. The monoisotopic (exact) mass is 481 g/mol. The number of benzene rings is 2. The summed E-state index contributed by atoms with van der Waals surface area (Å²) < 4.78 is 13.5. The molecule has 0 unspecified atom stereocenters. The Bertz CT molecular complexity index is 1110. The number of thioether (sulfide) groups is 1. The van der Waals surface area contributed by atoms with E-state index in [-0.39, 0.29) is 18.6 Å². The van der Waals surface area contributed by atoms with Crippen LogP contribution in [0.5, 0.6) is 11.5 Å². The number of piperidine rings is 1. The maximum atomic E-state index is 12.6. The smallest absolute Gasteiger partial charge is 0.415 e. The number of rotatable bonds is 8. The number of carboxylic acid groups (broad SMARTS) is 1. The highest BCUT2D eigenvalue weighted by Crippen LogP contribution is 2.24. The number of likely N-dealkylation sites (tertiary alicyclic amines) is 1. The second-order valence-corrected chi connectivity index (χ2v) is 9.08. The Hall–Kier alpha value is -3.46. The summed E-state index contributed by atoms with van der Waals surface area (Å²) in [6.45, 7) is 1.11. The zero-order chi connectivity index (χ0) is 23.9. The minimum absolute atomic E-state index is 0.00451. The fourth-order valence-electron chi connectivity index (χ4n) is 3.67. The van der Waals surface area contributed by atoms with Gasteiger partial charge in [0.15, 0.2) is 5.16 Å². The van der Waals surface area contributed by atoms with Gasteiger partial charge in [0.2, 0.25) is 0 Å². The molecule has 3 aromatic rings. The van der Waals surface area contributed by atoms with Gasteiger partial charge in [-0.05, 0) is 35.4 Å². The number of hydrogen-bond acceptors (Lipinski definition) is 6. The first-order valence-corrected chi connectivity index (χ1v) is 12.1. The first kappa shape index (κ1) is 23.7. The number of carboxylic acids is 1. The zero-order valence-corrected chi connectivity index (χ0v) is 19.7. The number of amides is 1. The van der Waals surface area contributed by atoms with Gasteiger partial charge in [-0.2, -0.15) is 0 Å². The van der Waals surface area contributed by atoms with Crippen molar-refractivity contribution in [2.75, 3.05) is 13.1 Å². The Morgan fingerprint density at radius 2 is 1.68 bits per heavy atom. The summed E-state index contributed by atoms with van der Waals surface area (Å²) in [6.07, 6.45) is 4.75. The first-order chi connectivity index (χ1) is 16.5. The van der Waals surface area contributed by atoms with Gasteiger partial charge in [0, 0.05) is 51.1 Å². The predicted octanol–water partition coefficient (Wildman–Crippen LogP) is 4.38. The molecule has 1 aliphatic heterocycles. The van der Waals surface area contributed by atoms with Crippen LogP contribution in [0.4, 0.5) is 4.79 Å². The normalized spacial score (nSPS) is 14.1. The number of imidazole rings is 1. The summed E-state index contributed by atoms with van der Waals surface area (Å²) >= 11 is 1.65. The molecule has 178 valence electrons. The van der Waals surface area contributed by atoms with Crippen molar-refractivity contribution in [3.05, 3.63) is 72.1 Å². The molecular weight excluding hydrogens is 454 g/mol. The Morgan fingerprint density at radius 3 is 2.29 bits per heavy atom. The molecule has 1 N–H and O–H groups in total. The van der Waals surface area contributed by atoms with Crippen LogP contribution in [-0.2, 0) is 24.0 Å². The van der Waals surface area contributed by atoms with Crippen LogP contribution >= 0.6 is 11.8 Å². The standard InChI is InChI=1S/C25H27N3O5S/c1-27-15-12-26-24(27)34-17-19-4-8-21(9-5-19)33-25(31)28-13-10-22(11-14-28)32-20-6-2-18(3-7-20)16-23(29)30/h2-9,12,15,22H,10-11,13-14,16-17H2,1H3,(H,29,30). The quantitative estimate of drug-likeness (QED) is 0.477. The van der Waals surface area contributed by atoms with Crippen LogP contribution in [0.25, 0.3) is 0 Å². The molecule has 4 rings (SSSR count). The van der Waals surface area contributed by atoms with Crippen LogP contribution in [0.3, 0.4) is 0 Å². The fraction of sp³-hybridized carbons (Fsp3) is 0.320. The molecule has 2 aromatic carbocycles. The van der Waals surface area contributed by atoms with Crippen molar-refractivity contribution in [3.8, 4) is 11.5 Å². The van der Waals surface area contributed by atoms with Crippen molar-refractivity contribution in [1.29, 1.82) is 0 Å². The second-order valence-electron chi connectivity index (χ2n) is 8.14. The maximum Gasteiger partial charge on any atom is 0.415 e. The van der Waals surface area contributed by atoms with Crippen LogP contribution in [0.1, 0.15) is 24.0 Å². The van der Waals surface area contributed by atoms with E-state index in [0.717, 1.165) is 22.0 Å². The minimum Gasteiger partial charge on any atom is -0.490 e. The third kappa shape index (κ3) is 6.54. The van der Waals surface area contributed by atoms with Gasteiger partial charge in [0.1, 0.15) is 17.6 Å². The molecule has 0 aliphatic carbocycles. The summed E-state index contributed by atoms with van der Waals surface area (Å²) in [4.78, 5) is 29.3. The fourth-order valence-corrected chi connectivity index (χ4v) is 4.56. The molecule has 2 heterocycles. The number of carbonyl (C=O) groups excluding carboxylic acids is 1. The summed E-state index contributed by atoms with van der Waals surface area (Å²) in [5, 5.41) is 9.81. The van der Waals surface area contributed by atoms with Crippen molar-refractivity contribution in [2.45, 2.75) is 36.3 Å². The van der Waals surface area contributed by atoms with Gasteiger partial charge in [-0.15, -0.1) is 0 Å². The summed E-state index contributed by atoms with van der Waals surface area (Å²) in [5.74, 6) is 1.16. The molecule has 0 radical (unpaired) electrons. The molecule has 1 aliphatic rings. The number of carbonyl (C=O) groups is 2. The summed E-state index contributed by atoms with van der Waals surface area (Å²) in [7, 11) is 1.97. The molecule has 1 saturated heterocycles. The number of hydrogen-bond donors (Lipinski definition) is 1. The van der Waals surface area contributed by atoms with Gasteiger partial charge in [0.25, 0.3) is 0 Å². The Labute approximate surface area is 202 Å². The van der Waals surface area contributed by atoms with E-state index in [2.05, 4.69) is 4.98 Å². The van der Waals surface area contributed by atoms with Crippen LogP contribution in [0, 0.1) is 0 Å². The lowest BCUT2D eigenvalue weighted by Crippen LogP contribution is -2.43. The summed E-state index contributed by atoms with van der Waals surface area (Å²) in [6, 6.07) is 14.7. The first-order valence-electron chi connectivity index (χ1n) is 11.1. The average Bonchev–Trinajstić information content (AvgIpc) is 3.24. The number of aliphatic carboxylic acids is 1. The van der Waals surface area contributed by atoms with E-state index in [1.807, 2.05) is 42.1 Å². The molecule has 0 atom stereocenters. The van der Waals surface area contributed by atoms with Crippen LogP contribution in [0.2, 0.25) is 0 Å². The van der Waals surface area contributed by atoms with Crippen LogP contribution in [-0.4, -0.2) is 50.8 Å². The molecule has 0 spiro atoms. The highest BCUT2D eigenvalue weighted by atomic mass is 32.2. The number of ether oxygens (including phenoxy) is 2. The van der Waals surface area contributed by atoms with Crippen molar-refractivity contribution >= 4 is 23.8 Å². The molecule has 0 bridgehead atoms. The van der Waals surface area contributed by atoms with Gasteiger partial charge in [-0.3, -0.25) is 4.79 Å². The average molecular weight is 482 g/mol. The van der Waals surface area contributed by atoms with E-state index >= 15 is 0 Å². The zero-order valence-electron chi connectivity index (χ0n) is 18.9. The van der Waals surface area contributed by atoms with Crippen molar-refractivity contribution < 1.29 is 24.2 Å². The van der Waals surface area contributed by atoms with Gasteiger partial charge in [0.05, 0.1) is 6.42 Å². The summed E-state index contributed by atoms with van der Waals surface area (Å²) in [5.41, 5.74) is 1.86. The third-order valence-corrected chi connectivity index (χ3v) is 6.68. The topological polar surface area (TPSA) is 93.9 Å². The largest absolute Gasteiger partial charge is 0.490 e. The van der Waals surface area contributed by atoms with Gasteiger partial charge >= 0.3 is 12.1 Å². The van der Waals surface area contributed by atoms with Crippen molar-refractivity contribution in [2.24, 2.45) is 7.05 Å². The Balaban J connectivity index is 1.20. The van der Waals surface area contributed by atoms with E-state index in [9.17, 15) is 9.59 Å². The molecular formula is C25H27N3O5S. The third-order valence-electron chi connectivity index (χ3n) is 5.56. The molecule has 0 saturated carbocycles.